The van der Waals surface area contributed by atoms with Crippen LogP contribution in [0.4, 0.5) is 51.2 Å². The molecule has 9 rings (SSSR count). The summed E-state index contributed by atoms with van der Waals surface area (Å²) in [7, 11) is -1.77. The van der Waals surface area contributed by atoms with Crippen molar-refractivity contribution in [2.24, 2.45) is 0 Å². The molecule has 0 radical (unpaired) electrons. The van der Waals surface area contributed by atoms with Crippen molar-refractivity contribution in [3.05, 3.63) is 175 Å². The summed E-state index contributed by atoms with van der Waals surface area (Å²) in [6, 6.07) is 62.5. The Morgan fingerprint density at radius 3 is 1.63 bits per heavy atom. The predicted octanol–water partition coefficient (Wildman–Crippen LogP) is 10.1. The van der Waals surface area contributed by atoms with Gasteiger partial charge in [-0.1, -0.05) is 122 Å². The second-order valence-electron chi connectivity index (χ2n) is 14.7. The van der Waals surface area contributed by atoms with E-state index >= 15 is 0 Å². The lowest BCUT2D eigenvalue weighted by Crippen LogP contribution is -2.62. The molecule has 0 aliphatic carbocycles. The van der Waals surface area contributed by atoms with E-state index in [4.69, 9.17) is 0 Å². The van der Waals surface area contributed by atoms with E-state index < -0.39 is 8.07 Å². The molecule has 0 spiro atoms. The number of anilines is 9. The molecule has 0 amide bonds. The summed E-state index contributed by atoms with van der Waals surface area (Å²) in [5.41, 5.74) is 16.0. The van der Waals surface area contributed by atoms with Gasteiger partial charge in [0.15, 0.2) is 0 Å². The first-order valence-electron chi connectivity index (χ1n) is 17.9. The largest absolute Gasteiger partial charge is 0.311 e. The zero-order chi connectivity index (χ0) is 34.7. The molecule has 0 unspecified atom stereocenters. The highest BCUT2D eigenvalue weighted by molar-refractivity contribution is 7.00. The Morgan fingerprint density at radius 2 is 1.00 bits per heavy atom. The van der Waals surface area contributed by atoms with Gasteiger partial charge in [-0.25, -0.2) is 0 Å². The van der Waals surface area contributed by atoms with Crippen molar-refractivity contribution < 1.29 is 0 Å². The van der Waals surface area contributed by atoms with Crippen molar-refractivity contribution in [2.75, 3.05) is 14.7 Å². The minimum absolute atomic E-state index is 0.0782. The van der Waals surface area contributed by atoms with Crippen LogP contribution in [-0.2, 0) is 0 Å². The minimum atomic E-state index is -1.77. The minimum Gasteiger partial charge on any atom is -0.311 e. The smallest absolute Gasteiger partial charge is 0.252 e. The maximum absolute atomic E-state index is 2.54. The number of rotatable bonds is 6. The van der Waals surface area contributed by atoms with Crippen LogP contribution in [-0.4, -0.2) is 14.8 Å². The molecule has 0 saturated heterocycles. The van der Waals surface area contributed by atoms with Gasteiger partial charge in [-0.05, 0) is 102 Å². The average Bonchev–Trinajstić information content (AvgIpc) is 3.16. The number of aryl methyl sites for hydroxylation is 1. The van der Waals surface area contributed by atoms with Crippen LogP contribution >= 0.6 is 0 Å². The maximum atomic E-state index is 2.54. The van der Waals surface area contributed by atoms with Crippen molar-refractivity contribution in [1.29, 1.82) is 0 Å². The SMILES string of the molecule is Cc1ccccc1N(c1ccccc1)c1ccc2c(c1)N(c1ccccc1)c1cc([Si](C)(C)C)cc3c1B2c1ccccc1N3c1ccccc1. The Kier molecular flexibility index (Phi) is 7.48. The maximum Gasteiger partial charge on any atom is 0.252 e. The number of hydrogen-bond acceptors (Lipinski definition) is 3. The van der Waals surface area contributed by atoms with Crippen LogP contribution in [0.2, 0.25) is 19.6 Å². The van der Waals surface area contributed by atoms with Crippen molar-refractivity contribution in [1.82, 2.24) is 0 Å². The molecule has 2 aliphatic heterocycles. The first-order chi connectivity index (χ1) is 24.9. The predicted molar refractivity (Wildman–Crippen MR) is 223 cm³/mol. The molecule has 2 aliphatic rings. The summed E-state index contributed by atoms with van der Waals surface area (Å²) >= 11 is 0. The fraction of sp³-hybridized carbons (Fsp3) is 0.0870. The number of hydrogen-bond donors (Lipinski definition) is 0. The van der Waals surface area contributed by atoms with Crippen molar-refractivity contribution in [2.45, 2.75) is 26.6 Å². The van der Waals surface area contributed by atoms with Crippen LogP contribution in [0.15, 0.2) is 170 Å². The lowest BCUT2D eigenvalue weighted by Gasteiger charge is -2.45. The number of para-hydroxylation sites is 5. The van der Waals surface area contributed by atoms with E-state index in [0.29, 0.717) is 0 Å². The molecule has 0 atom stereocenters. The molecule has 0 saturated carbocycles. The van der Waals surface area contributed by atoms with E-state index in [0.717, 1.165) is 17.1 Å². The van der Waals surface area contributed by atoms with Crippen molar-refractivity contribution in [3.63, 3.8) is 0 Å². The van der Waals surface area contributed by atoms with Gasteiger partial charge in [0.05, 0.1) is 8.07 Å². The van der Waals surface area contributed by atoms with Crippen LogP contribution in [0.5, 0.6) is 0 Å². The zero-order valence-electron chi connectivity index (χ0n) is 29.6. The topological polar surface area (TPSA) is 9.72 Å². The molecular formula is C46H40BN3Si. The second-order valence-corrected chi connectivity index (χ2v) is 19.8. The van der Waals surface area contributed by atoms with Gasteiger partial charge in [0.2, 0.25) is 0 Å². The Labute approximate surface area is 303 Å². The molecule has 51 heavy (non-hydrogen) atoms. The van der Waals surface area contributed by atoms with Crippen LogP contribution in [0.1, 0.15) is 5.56 Å². The standard InChI is InChI=1S/C46H40BN3Si/c1-33-18-14-16-26-41(33)48(34-19-8-5-9-20-34)37-28-29-40-43(30-37)50(36-23-12-7-13-24-36)45-32-38(51(2,3)4)31-44-46(45)47(40)39-25-15-17-27-42(39)49(44)35-21-10-6-11-22-35/h5-32H,1-4H3. The fourth-order valence-corrected chi connectivity index (χ4v) is 9.17. The summed E-state index contributed by atoms with van der Waals surface area (Å²) in [5, 5.41) is 1.45. The van der Waals surface area contributed by atoms with E-state index in [9.17, 15) is 0 Å². The van der Waals surface area contributed by atoms with Crippen LogP contribution in [0.3, 0.4) is 0 Å². The van der Waals surface area contributed by atoms with Gasteiger partial charge in [-0.3, -0.25) is 0 Å². The van der Waals surface area contributed by atoms with Gasteiger partial charge in [0.25, 0.3) is 6.71 Å². The van der Waals surface area contributed by atoms with Gasteiger partial charge < -0.3 is 14.7 Å². The summed E-state index contributed by atoms with van der Waals surface area (Å²) in [6.07, 6.45) is 0. The lowest BCUT2D eigenvalue weighted by atomic mass is 9.33. The van der Waals surface area contributed by atoms with Gasteiger partial charge in [-0.2, -0.15) is 0 Å². The van der Waals surface area contributed by atoms with E-state index in [1.165, 1.54) is 61.3 Å². The van der Waals surface area contributed by atoms with Crippen LogP contribution in [0.25, 0.3) is 0 Å². The Balaban J connectivity index is 1.37. The zero-order valence-corrected chi connectivity index (χ0v) is 30.6. The molecule has 2 heterocycles. The Bertz CT molecular complexity index is 2390. The Hall–Kier alpha value is -5.78. The number of fused-ring (bicyclic) bond motifs is 4. The third-order valence-electron chi connectivity index (χ3n) is 10.5. The monoisotopic (exact) mass is 673 g/mol. The summed E-state index contributed by atoms with van der Waals surface area (Å²) in [5.74, 6) is 0. The normalized spacial score (nSPS) is 13.0. The molecule has 246 valence electrons. The number of benzene rings is 7. The molecule has 7 aromatic carbocycles. The van der Waals surface area contributed by atoms with E-state index in [1.54, 1.807) is 0 Å². The first kappa shape index (κ1) is 31.2. The Morgan fingerprint density at radius 1 is 0.471 bits per heavy atom. The van der Waals surface area contributed by atoms with Gasteiger partial charge >= 0.3 is 0 Å². The molecule has 0 bridgehead atoms. The fourth-order valence-electron chi connectivity index (χ4n) is 8.03. The van der Waals surface area contributed by atoms with E-state index in [2.05, 4.69) is 211 Å². The summed E-state index contributed by atoms with van der Waals surface area (Å²) in [6.45, 7) is 9.67. The van der Waals surface area contributed by atoms with Gasteiger partial charge in [-0.15, -0.1) is 0 Å². The lowest BCUT2D eigenvalue weighted by molar-refractivity contribution is 1.23. The van der Waals surface area contributed by atoms with E-state index in [1.807, 2.05) is 0 Å². The highest BCUT2D eigenvalue weighted by Gasteiger charge is 2.44. The molecule has 0 N–H and O–H groups in total. The van der Waals surface area contributed by atoms with Gasteiger partial charge in [0, 0.05) is 51.2 Å². The van der Waals surface area contributed by atoms with Gasteiger partial charge in [0.1, 0.15) is 0 Å². The average molecular weight is 674 g/mol. The highest BCUT2D eigenvalue weighted by atomic mass is 28.3. The summed E-state index contributed by atoms with van der Waals surface area (Å²) in [4.78, 5) is 7.45. The quantitative estimate of drug-likeness (QED) is 0.163. The van der Waals surface area contributed by atoms with Crippen LogP contribution < -0.4 is 36.3 Å². The third-order valence-corrected chi connectivity index (χ3v) is 12.5. The number of nitrogens with zero attached hydrogens (tertiary/aromatic N) is 3. The van der Waals surface area contributed by atoms with Crippen molar-refractivity contribution >= 4 is 87.5 Å². The van der Waals surface area contributed by atoms with Crippen molar-refractivity contribution in [3.8, 4) is 0 Å². The molecule has 5 heteroatoms. The molecule has 7 aromatic rings. The molecule has 0 aromatic heterocycles. The molecule has 3 nitrogen and oxygen atoms in total. The second kappa shape index (κ2) is 12.2. The molecule has 0 fully saturated rings. The first-order valence-corrected chi connectivity index (χ1v) is 21.4. The highest BCUT2D eigenvalue weighted by Crippen LogP contribution is 2.45. The summed E-state index contributed by atoms with van der Waals surface area (Å²) < 4.78 is 0. The van der Waals surface area contributed by atoms with Crippen LogP contribution in [0, 0.1) is 6.92 Å². The third kappa shape index (κ3) is 5.19. The molecular weight excluding hydrogens is 633 g/mol. The van der Waals surface area contributed by atoms with E-state index in [-0.39, 0.29) is 6.71 Å².